The summed E-state index contributed by atoms with van der Waals surface area (Å²) in [6.45, 7) is 6.16. The highest BCUT2D eigenvalue weighted by molar-refractivity contribution is 5.69. The molecule has 0 spiro atoms. The molecule has 2 atom stereocenters. The van der Waals surface area contributed by atoms with Gasteiger partial charge in [0.15, 0.2) is 0 Å². The second kappa shape index (κ2) is 7.63. The summed E-state index contributed by atoms with van der Waals surface area (Å²) >= 11 is 0. The molecule has 1 fully saturated rings. The van der Waals surface area contributed by atoms with Crippen LogP contribution in [0.4, 0.5) is 0 Å². The molecule has 0 amide bonds. The molecule has 1 saturated heterocycles. The summed E-state index contributed by atoms with van der Waals surface area (Å²) in [5.74, 6) is -0.102. The van der Waals surface area contributed by atoms with E-state index in [9.17, 15) is 4.79 Å². The molecule has 2 unspecified atom stereocenters. The number of esters is 1. The van der Waals surface area contributed by atoms with Crippen LogP contribution in [0.3, 0.4) is 0 Å². The van der Waals surface area contributed by atoms with Crippen LogP contribution in [-0.2, 0) is 14.3 Å². The average Bonchev–Trinajstić information content (AvgIpc) is 2.64. The molecular formula is C12H23NO3. The van der Waals surface area contributed by atoms with Crippen LogP contribution in [0.5, 0.6) is 0 Å². The normalized spacial score (nSPS) is 24.6. The van der Waals surface area contributed by atoms with Gasteiger partial charge in [-0.25, -0.2) is 0 Å². The van der Waals surface area contributed by atoms with Crippen LogP contribution in [0.2, 0.25) is 0 Å². The summed E-state index contributed by atoms with van der Waals surface area (Å²) in [6, 6.07) is 0. The number of hydrogen-bond acceptors (Lipinski definition) is 4. The summed E-state index contributed by atoms with van der Waals surface area (Å²) in [6.07, 6.45) is 4.41. The number of carbonyl (C=O) groups is 1. The fourth-order valence-corrected chi connectivity index (χ4v) is 1.89. The van der Waals surface area contributed by atoms with Gasteiger partial charge in [-0.3, -0.25) is 4.79 Å². The van der Waals surface area contributed by atoms with E-state index in [0.29, 0.717) is 25.2 Å². The average molecular weight is 229 g/mol. The molecule has 0 aromatic carbocycles. The Kier molecular flexibility index (Phi) is 6.42. The van der Waals surface area contributed by atoms with Gasteiger partial charge in [-0.05, 0) is 39.7 Å². The Hall–Kier alpha value is -0.610. The predicted octanol–water partition coefficient (Wildman–Crippen LogP) is 1.49. The van der Waals surface area contributed by atoms with Gasteiger partial charge in [0.25, 0.3) is 0 Å². The molecule has 0 bridgehead atoms. The number of rotatable bonds is 7. The van der Waals surface area contributed by atoms with Crippen molar-refractivity contribution in [1.29, 1.82) is 0 Å². The van der Waals surface area contributed by atoms with Crippen molar-refractivity contribution in [3.8, 4) is 0 Å². The Balaban J connectivity index is 1.90. The number of ether oxygens (including phenoxy) is 2. The van der Waals surface area contributed by atoms with E-state index < -0.39 is 0 Å². The van der Waals surface area contributed by atoms with E-state index in [0.717, 1.165) is 32.4 Å². The van der Waals surface area contributed by atoms with E-state index in [2.05, 4.69) is 12.2 Å². The molecule has 94 valence electrons. The standard InChI is InChI=1S/C12H23NO3/c1-3-15-12(14)5-4-8-13-9-11-7-6-10(2)16-11/h10-11,13H,3-9H2,1-2H3. The molecule has 4 heteroatoms. The quantitative estimate of drug-likeness (QED) is 0.531. The van der Waals surface area contributed by atoms with Crippen molar-refractivity contribution in [2.75, 3.05) is 19.7 Å². The zero-order valence-corrected chi connectivity index (χ0v) is 10.3. The van der Waals surface area contributed by atoms with E-state index >= 15 is 0 Å². The second-order valence-corrected chi connectivity index (χ2v) is 4.26. The van der Waals surface area contributed by atoms with Gasteiger partial charge in [0, 0.05) is 13.0 Å². The van der Waals surface area contributed by atoms with Crippen molar-refractivity contribution in [1.82, 2.24) is 5.32 Å². The summed E-state index contributed by atoms with van der Waals surface area (Å²) in [4.78, 5) is 11.0. The molecule has 0 radical (unpaired) electrons. The third-order valence-corrected chi connectivity index (χ3v) is 2.73. The third kappa shape index (κ3) is 5.47. The summed E-state index contributed by atoms with van der Waals surface area (Å²) in [5.41, 5.74) is 0. The highest BCUT2D eigenvalue weighted by Crippen LogP contribution is 2.17. The first-order valence-electron chi connectivity index (χ1n) is 6.24. The van der Waals surface area contributed by atoms with Crippen LogP contribution in [0.1, 0.15) is 39.5 Å². The zero-order valence-electron chi connectivity index (χ0n) is 10.3. The van der Waals surface area contributed by atoms with Crippen molar-refractivity contribution in [2.24, 2.45) is 0 Å². The van der Waals surface area contributed by atoms with Gasteiger partial charge in [0.05, 0.1) is 18.8 Å². The van der Waals surface area contributed by atoms with E-state index in [1.54, 1.807) is 0 Å². The minimum absolute atomic E-state index is 0.102. The van der Waals surface area contributed by atoms with Crippen LogP contribution in [-0.4, -0.2) is 37.9 Å². The highest BCUT2D eigenvalue weighted by Gasteiger charge is 2.20. The van der Waals surface area contributed by atoms with Crippen LogP contribution < -0.4 is 5.32 Å². The van der Waals surface area contributed by atoms with Crippen LogP contribution >= 0.6 is 0 Å². The first kappa shape index (κ1) is 13.5. The van der Waals surface area contributed by atoms with E-state index in [1.807, 2.05) is 6.92 Å². The largest absolute Gasteiger partial charge is 0.466 e. The smallest absolute Gasteiger partial charge is 0.305 e. The third-order valence-electron chi connectivity index (χ3n) is 2.73. The molecule has 1 aliphatic heterocycles. The summed E-state index contributed by atoms with van der Waals surface area (Å²) in [7, 11) is 0. The predicted molar refractivity (Wildman–Crippen MR) is 62.3 cm³/mol. The maximum atomic E-state index is 11.0. The van der Waals surface area contributed by atoms with Crippen molar-refractivity contribution in [2.45, 2.75) is 51.7 Å². The molecule has 1 aliphatic rings. The summed E-state index contributed by atoms with van der Waals surface area (Å²) in [5, 5.41) is 3.31. The van der Waals surface area contributed by atoms with Gasteiger partial charge in [-0.1, -0.05) is 0 Å². The maximum Gasteiger partial charge on any atom is 0.305 e. The van der Waals surface area contributed by atoms with Crippen molar-refractivity contribution >= 4 is 5.97 Å². The fourth-order valence-electron chi connectivity index (χ4n) is 1.89. The lowest BCUT2D eigenvalue weighted by Crippen LogP contribution is -2.28. The van der Waals surface area contributed by atoms with Gasteiger partial charge < -0.3 is 14.8 Å². The van der Waals surface area contributed by atoms with Gasteiger partial charge in [-0.15, -0.1) is 0 Å². The lowest BCUT2D eigenvalue weighted by atomic mass is 10.2. The van der Waals surface area contributed by atoms with Crippen molar-refractivity contribution in [3.63, 3.8) is 0 Å². The molecule has 1 rings (SSSR count). The molecule has 1 N–H and O–H groups in total. The monoisotopic (exact) mass is 229 g/mol. The summed E-state index contributed by atoms with van der Waals surface area (Å²) < 4.78 is 10.5. The molecule has 1 heterocycles. The second-order valence-electron chi connectivity index (χ2n) is 4.26. The van der Waals surface area contributed by atoms with Crippen LogP contribution in [0, 0.1) is 0 Å². The van der Waals surface area contributed by atoms with Gasteiger partial charge in [-0.2, -0.15) is 0 Å². The van der Waals surface area contributed by atoms with Gasteiger partial charge in [0.2, 0.25) is 0 Å². The van der Waals surface area contributed by atoms with Gasteiger partial charge >= 0.3 is 5.97 Å². The molecule has 0 aromatic rings. The van der Waals surface area contributed by atoms with Crippen LogP contribution in [0.25, 0.3) is 0 Å². The minimum Gasteiger partial charge on any atom is -0.466 e. The Labute approximate surface area is 97.7 Å². The molecule has 0 saturated carbocycles. The van der Waals surface area contributed by atoms with E-state index in [4.69, 9.17) is 9.47 Å². The number of hydrogen-bond donors (Lipinski definition) is 1. The minimum atomic E-state index is -0.102. The Bertz CT molecular complexity index is 208. The van der Waals surface area contributed by atoms with Gasteiger partial charge in [0.1, 0.15) is 0 Å². The Morgan fingerprint density at radius 3 is 2.94 bits per heavy atom. The molecular weight excluding hydrogens is 206 g/mol. The highest BCUT2D eigenvalue weighted by atomic mass is 16.5. The van der Waals surface area contributed by atoms with Crippen molar-refractivity contribution in [3.05, 3.63) is 0 Å². The Morgan fingerprint density at radius 1 is 1.50 bits per heavy atom. The van der Waals surface area contributed by atoms with E-state index in [1.165, 1.54) is 0 Å². The Morgan fingerprint density at radius 2 is 2.31 bits per heavy atom. The molecule has 0 aliphatic carbocycles. The van der Waals surface area contributed by atoms with E-state index in [-0.39, 0.29) is 5.97 Å². The van der Waals surface area contributed by atoms with Crippen LogP contribution in [0.15, 0.2) is 0 Å². The zero-order chi connectivity index (χ0) is 11.8. The van der Waals surface area contributed by atoms with Crippen molar-refractivity contribution < 1.29 is 14.3 Å². The lowest BCUT2D eigenvalue weighted by Gasteiger charge is -2.11. The first-order chi connectivity index (χ1) is 7.72. The molecule has 0 aromatic heterocycles. The number of nitrogens with one attached hydrogen (secondary N) is 1. The molecule has 4 nitrogen and oxygen atoms in total. The first-order valence-corrected chi connectivity index (χ1v) is 6.24. The lowest BCUT2D eigenvalue weighted by molar-refractivity contribution is -0.143. The fraction of sp³-hybridized carbons (Fsp3) is 0.917. The number of carbonyl (C=O) groups excluding carboxylic acids is 1. The topological polar surface area (TPSA) is 47.6 Å². The molecule has 16 heavy (non-hydrogen) atoms. The maximum absolute atomic E-state index is 11.0. The SMILES string of the molecule is CCOC(=O)CCCNCC1CCC(C)O1.